The minimum absolute atomic E-state index is 1.37. The first-order valence-electron chi connectivity index (χ1n) is 23.1. The predicted octanol–water partition coefficient (Wildman–Crippen LogP) is 12.8. The van der Waals surface area contributed by atoms with Crippen LogP contribution < -0.4 is 26.8 Å². The molecule has 0 amide bonds. The molecule has 22 heteroatoms. The van der Waals surface area contributed by atoms with Gasteiger partial charge in [0.15, 0.2) is 69.8 Å². The van der Waals surface area contributed by atoms with Crippen molar-refractivity contribution < 1.29 is 92.7 Å². The van der Waals surface area contributed by atoms with Crippen molar-refractivity contribution in [3.05, 3.63) is 116 Å². The Balaban J connectivity index is 0.000000442. The Hall–Kier alpha value is -4.50. The van der Waals surface area contributed by atoms with E-state index in [0.29, 0.717) is 0 Å². The van der Waals surface area contributed by atoms with E-state index in [2.05, 4.69) is 20.8 Å². The molecule has 0 aliphatic rings. The molecule has 0 aromatic heterocycles. The summed E-state index contributed by atoms with van der Waals surface area (Å²) in [5, 5.41) is 0. The summed E-state index contributed by atoms with van der Waals surface area (Å²) in [5.41, 5.74) is -14.3. The van der Waals surface area contributed by atoms with Crippen molar-refractivity contribution in [3.8, 4) is 0 Å². The highest BCUT2D eigenvalue weighted by Gasteiger charge is 2.52. The van der Waals surface area contributed by atoms with Crippen molar-refractivity contribution in [2.24, 2.45) is 0 Å². The summed E-state index contributed by atoms with van der Waals surface area (Å²) in [6, 6.07) is 0. The normalized spacial score (nSPS) is 11.8. The monoisotopic (exact) mass is 1030 g/mol. The molecule has 0 aliphatic carbocycles. The second-order valence-electron chi connectivity index (χ2n) is 17.1. The van der Waals surface area contributed by atoms with E-state index in [-0.39, 0.29) is 0 Å². The largest absolute Gasteiger partial charge is 0.335 e. The van der Waals surface area contributed by atoms with E-state index in [9.17, 15) is 52.7 Å². The van der Waals surface area contributed by atoms with E-state index >= 15 is 35.1 Å². The van der Waals surface area contributed by atoms with E-state index in [1.165, 1.54) is 135 Å². The summed E-state index contributed by atoms with van der Waals surface area (Å²) in [6.45, 7) is 11.3. The Labute approximate surface area is 392 Å². The Morgan fingerprint density at radius 2 is 0.357 bits per heavy atom. The summed E-state index contributed by atoms with van der Waals surface area (Å²) >= 11 is 0. The second kappa shape index (κ2) is 27.4. The van der Waals surface area contributed by atoms with Crippen LogP contribution >= 0.6 is 0 Å². The van der Waals surface area contributed by atoms with Gasteiger partial charge in [0.1, 0.15) is 52.7 Å². The zero-order valence-corrected chi connectivity index (χ0v) is 38.5. The third kappa shape index (κ3) is 12.7. The molecule has 1 nitrogen and oxygen atoms in total. The number of quaternary nitrogens is 1. The Morgan fingerprint density at radius 1 is 0.214 bits per heavy atom. The third-order valence-electron chi connectivity index (χ3n) is 12.4. The summed E-state index contributed by atoms with van der Waals surface area (Å²) in [6.07, 6.45) is 18.8. The smallest absolute Gasteiger partial charge is 0.200 e. The summed E-state index contributed by atoms with van der Waals surface area (Å²) in [7, 11) is 0. The standard InChI is InChI=1S/C24BF20.C24H51N/c26-5-1(6(27)14(35)21(42)13(5)34)25(2-7(28)15(36)22(43)16(37)8(2)29,3-9(30)17(38)23(44)18(39)10(3)31)4-11(32)19(40)24(45)20(41)12(4)33;1-4-7-10-13-16-19-22-25(23-20-17-14-11-8-5-2)24-21-18-15-12-9-6-3/h;4-24H2,1-3H3/q-1;/p+1. The molecule has 1 N–H and O–H groups in total. The lowest BCUT2D eigenvalue weighted by atomic mass is 9.12. The van der Waals surface area contributed by atoms with Gasteiger partial charge >= 0.3 is 0 Å². The van der Waals surface area contributed by atoms with Gasteiger partial charge in [0.05, 0.1) is 19.6 Å². The molecule has 392 valence electrons. The van der Waals surface area contributed by atoms with Gasteiger partial charge in [0.25, 0.3) is 0 Å². The molecule has 0 unspecified atom stereocenters. The number of nitrogens with one attached hydrogen (secondary N) is 1. The molecule has 4 aromatic carbocycles. The highest BCUT2D eigenvalue weighted by molar-refractivity contribution is 7.20. The number of halogens is 20. The average Bonchev–Trinajstić information content (AvgIpc) is 3.34. The van der Waals surface area contributed by atoms with E-state index in [1.807, 2.05) is 4.90 Å². The molecule has 0 spiro atoms. The highest BCUT2D eigenvalue weighted by atomic mass is 19.2. The Kier molecular flexibility index (Phi) is 23.4. The maximum absolute atomic E-state index is 15.4. The van der Waals surface area contributed by atoms with Crippen molar-refractivity contribution in [1.82, 2.24) is 0 Å². The van der Waals surface area contributed by atoms with Crippen LogP contribution in [0.4, 0.5) is 87.8 Å². The van der Waals surface area contributed by atoms with Gasteiger partial charge in [-0.2, -0.15) is 0 Å². The summed E-state index contributed by atoms with van der Waals surface area (Å²) in [4.78, 5) is 1.92. The van der Waals surface area contributed by atoms with Crippen molar-refractivity contribution in [3.63, 3.8) is 0 Å². The fourth-order valence-corrected chi connectivity index (χ4v) is 8.72. The van der Waals surface area contributed by atoms with Crippen molar-refractivity contribution in [1.29, 1.82) is 0 Å². The van der Waals surface area contributed by atoms with Gasteiger partial charge in [0, 0.05) is 0 Å². The molecule has 0 saturated carbocycles. The minimum atomic E-state index is -7.22. The van der Waals surface area contributed by atoms with E-state index in [4.69, 9.17) is 0 Å². The molecule has 0 saturated heterocycles. The van der Waals surface area contributed by atoms with Crippen LogP contribution in [-0.4, -0.2) is 25.8 Å². The zero-order chi connectivity index (χ0) is 52.8. The molecular weight excluding hydrogens is 981 g/mol. The molecule has 70 heavy (non-hydrogen) atoms. The number of hydrogen-bond acceptors (Lipinski definition) is 0. The maximum Gasteiger partial charge on any atom is 0.200 e. The van der Waals surface area contributed by atoms with Crippen LogP contribution in [0.5, 0.6) is 0 Å². The lowest BCUT2D eigenvalue weighted by Crippen LogP contribution is -3.12. The summed E-state index contributed by atoms with van der Waals surface area (Å²) in [5.74, 6) is -71.4. The number of hydrogen-bond donors (Lipinski definition) is 1. The second-order valence-corrected chi connectivity index (χ2v) is 17.1. The molecule has 4 rings (SSSR count). The van der Waals surface area contributed by atoms with Crippen LogP contribution in [-0.2, 0) is 0 Å². The van der Waals surface area contributed by atoms with E-state index in [0.717, 1.165) is 0 Å². The van der Waals surface area contributed by atoms with Crippen LogP contribution in [0.2, 0.25) is 0 Å². The topological polar surface area (TPSA) is 4.44 Å². The molecule has 0 radical (unpaired) electrons. The van der Waals surface area contributed by atoms with E-state index < -0.39 is 144 Å². The molecule has 0 fully saturated rings. The van der Waals surface area contributed by atoms with Crippen LogP contribution in [0, 0.1) is 116 Å². The molecule has 0 atom stereocenters. The predicted molar refractivity (Wildman–Crippen MR) is 225 cm³/mol. The van der Waals surface area contributed by atoms with Crippen LogP contribution in [0.15, 0.2) is 0 Å². The first-order valence-corrected chi connectivity index (χ1v) is 23.1. The van der Waals surface area contributed by atoms with Gasteiger partial charge in [-0.15, -0.1) is 21.9 Å². The average molecular weight is 1030 g/mol. The third-order valence-corrected chi connectivity index (χ3v) is 12.4. The molecule has 0 heterocycles. The molecular formula is C48H52BF20N. The highest BCUT2D eigenvalue weighted by Crippen LogP contribution is 2.31. The molecule has 0 bridgehead atoms. The van der Waals surface area contributed by atoms with Gasteiger partial charge < -0.3 is 4.90 Å². The van der Waals surface area contributed by atoms with Gasteiger partial charge in [-0.05, 0) is 38.5 Å². The molecule has 4 aromatic rings. The zero-order valence-electron chi connectivity index (χ0n) is 38.5. The van der Waals surface area contributed by atoms with Crippen molar-refractivity contribution >= 4 is 28.0 Å². The van der Waals surface area contributed by atoms with Crippen LogP contribution in [0.25, 0.3) is 0 Å². The van der Waals surface area contributed by atoms with Gasteiger partial charge in [-0.25, -0.2) is 87.8 Å². The Morgan fingerprint density at radius 3 is 0.529 bits per heavy atom. The number of rotatable bonds is 25. The minimum Gasteiger partial charge on any atom is -0.335 e. The lowest BCUT2D eigenvalue weighted by molar-refractivity contribution is -0.900. The van der Waals surface area contributed by atoms with Gasteiger partial charge in [-0.3, -0.25) is 0 Å². The first-order chi connectivity index (χ1) is 33.0. The first kappa shape index (κ1) is 59.8. The number of benzene rings is 4. The maximum atomic E-state index is 15.4. The van der Waals surface area contributed by atoms with Crippen molar-refractivity contribution in [2.45, 2.75) is 136 Å². The SMILES string of the molecule is CCCCCCCC[NH+](CCCCCCCC)CCCCCCCC.Fc1c(F)c(F)c([B-](c2c(F)c(F)c(F)c(F)c2F)(c2c(F)c(F)c(F)c(F)c2F)c2c(F)c(F)c(F)c(F)c2F)c(F)c1F. The van der Waals surface area contributed by atoms with E-state index in [1.54, 1.807) is 0 Å². The van der Waals surface area contributed by atoms with Gasteiger partial charge in [-0.1, -0.05) is 97.8 Å². The quantitative estimate of drug-likeness (QED) is 0.0222. The fraction of sp³-hybridized carbons (Fsp3) is 0.500. The number of unbranched alkanes of at least 4 members (excludes halogenated alkanes) is 15. The van der Waals surface area contributed by atoms with Gasteiger partial charge in [0.2, 0.25) is 0 Å². The summed E-state index contributed by atoms with van der Waals surface area (Å²) < 4.78 is 294. The van der Waals surface area contributed by atoms with Crippen LogP contribution in [0.1, 0.15) is 136 Å². The lowest BCUT2D eigenvalue weighted by Gasteiger charge is -2.44. The Bertz CT molecular complexity index is 1970. The van der Waals surface area contributed by atoms with Crippen molar-refractivity contribution in [2.75, 3.05) is 19.6 Å². The molecule has 0 aliphatic heterocycles. The van der Waals surface area contributed by atoms with Crippen LogP contribution in [0.3, 0.4) is 0 Å². The fourth-order valence-electron chi connectivity index (χ4n) is 8.72.